The number of hydrogen-bond donors (Lipinski definition) is 1. The molecule has 0 unspecified atom stereocenters. The highest BCUT2D eigenvalue weighted by atomic mass is 32.2. The Morgan fingerprint density at radius 2 is 1.59 bits per heavy atom. The van der Waals surface area contributed by atoms with Gasteiger partial charge in [-0.3, -0.25) is 4.79 Å². The molecule has 5 nitrogen and oxygen atoms in total. The number of carbonyl (C=O) groups excluding carboxylic acids is 1. The van der Waals surface area contributed by atoms with E-state index in [-0.39, 0.29) is 17.3 Å². The molecule has 1 atom stereocenters. The summed E-state index contributed by atoms with van der Waals surface area (Å²) in [6.45, 7) is 6.20. The first kappa shape index (κ1) is 22.2. The molecule has 166 valence electrons. The molecule has 32 heavy (non-hydrogen) atoms. The average Bonchev–Trinajstić information content (AvgIpc) is 2.79. The number of fused-ring (bicyclic) bond motifs is 1. The molecular formula is C26H28N2O3S. The first-order valence-corrected chi connectivity index (χ1v) is 12.2. The lowest BCUT2D eigenvalue weighted by Crippen LogP contribution is -2.52. The monoisotopic (exact) mass is 448 g/mol. The highest BCUT2D eigenvalue weighted by molar-refractivity contribution is 7.89. The number of nitrogens with one attached hydrogen (secondary N) is 1. The van der Waals surface area contributed by atoms with Crippen molar-refractivity contribution in [3.05, 3.63) is 100 Å². The van der Waals surface area contributed by atoms with E-state index in [1.165, 1.54) is 4.31 Å². The normalized spacial score (nSPS) is 16.4. The van der Waals surface area contributed by atoms with Crippen molar-refractivity contribution >= 4 is 15.9 Å². The third kappa shape index (κ3) is 4.47. The molecule has 0 aliphatic carbocycles. The number of amides is 1. The minimum absolute atomic E-state index is 0.175. The van der Waals surface area contributed by atoms with E-state index in [1.807, 2.05) is 74.5 Å². The Labute approximate surface area is 190 Å². The van der Waals surface area contributed by atoms with Crippen molar-refractivity contribution in [2.24, 2.45) is 0 Å². The molecule has 3 aromatic rings. The molecule has 0 aromatic heterocycles. The fourth-order valence-electron chi connectivity index (χ4n) is 4.10. The van der Waals surface area contributed by atoms with Crippen LogP contribution in [0.3, 0.4) is 0 Å². The summed E-state index contributed by atoms with van der Waals surface area (Å²) < 4.78 is 28.8. The molecular weight excluding hydrogens is 420 g/mol. The molecule has 3 aromatic carbocycles. The molecule has 4 rings (SSSR count). The summed E-state index contributed by atoms with van der Waals surface area (Å²) in [5.74, 6) is -0.283. The summed E-state index contributed by atoms with van der Waals surface area (Å²) >= 11 is 0. The maximum Gasteiger partial charge on any atom is 0.244 e. The first-order valence-electron chi connectivity index (χ1n) is 10.7. The van der Waals surface area contributed by atoms with Gasteiger partial charge in [0, 0.05) is 13.1 Å². The highest BCUT2D eigenvalue weighted by Gasteiger charge is 2.40. The Balaban J connectivity index is 1.67. The van der Waals surface area contributed by atoms with Gasteiger partial charge in [0.15, 0.2) is 0 Å². The van der Waals surface area contributed by atoms with E-state index >= 15 is 0 Å². The van der Waals surface area contributed by atoms with Gasteiger partial charge in [-0.05, 0) is 61.1 Å². The van der Waals surface area contributed by atoms with E-state index in [2.05, 4.69) is 5.32 Å². The number of aryl methyl sites for hydroxylation is 3. The molecule has 0 fully saturated rings. The van der Waals surface area contributed by atoms with E-state index in [0.29, 0.717) is 18.5 Å². The largest absolute Gasteiger partial charge is 0.351 e. The van der Waals surface area contributed by atoms with E-state index in [4.69, 9.17) is 0 Å². The molecule has 1 heterocycles. The molecule has 1 aliphatic rings. The van der Waals surface area contributed by atoms with Crippen molar-refractivity contribution < 1.29 is 13.2 Å². The van der Waals surface area contributed by atoms with Gasteiger partial charge in [-0.25, -0.2) is 8.42 Å². The zero-order valence-corrected chi connectivity index (χ0v) is 19.4. The van der Waals surface area contributed by atoms with Crippen LogP contribution in [-0.4, -0.2) is 24.7 Å². The SMILES string of the molecule is Cc1ccc(CNC(=O)[C@@H]2Cc3ccccc3CN2S(=O)(=O)c2cc(C)ccc2C)cc1. The first-order chi connectivity index (χ1) is 15.3. The number of hydrogen-bond acceptors (Lipinski definition) is 3. The predicted octanol–water partition coefficient (Wildman–Crippen LogP) is 4.04. The number of sulfonamides is 1. The van der Waals surface area contributed by atoms with Crippen molar-refractivity contribution in [2.45, 2.75) is 51.2 Å². The highest BCUT2D eigenvalue weighted by Crippen LogP contribution is 2.31. The van der Waals surface area contributed by atoms with Gasteiger partial charge in [-0.1, -0.05) is 66.2 Å². The predicted molar refractivity (Wildman–Crippen MR) is 126 cm³/mol. The second-order valence-corrected chi connectivity index (χ2v) is 10.4. The van der Waals surface area contributed by atoms with Crippen molar-refractivity contribution in [3.63, 3.8) is 0 Å². The average molecular weight is 449 g/mol. The van der Waals surface area contributed by atoms with Crippen LogP contribution >= 0.6 is 0 Å². The Bertz CT molecular complexity index is 1250. The topological polar surface area (TPSA) is 66.5 Å². The van der Waals surface area contributed by atoms with Gasteiger partial charge < -0.3 is 5.32 Å². The number of benzene rings is 3. The van der Waals surface area contributed by atoms with Gasteiger partial charge in [0.05, 0.1) is 4.90 Å². The molecule has 1 amide bonds. The number of carbonyl (C=O) groups is 1. The molecule has 6 heteroatoms. The molecule has 1 aliphatic heterocycles. The summed E-state index contributed by atoms with van der Waals surface area (Å²) in [5, 5.41) is 2.95. The molecule has 0 spiro atoms. The summed E-state index contributed by atoms with van der Waals surface area (Å²) in [4.78, 5) is 13.5. The van der Waals surface area contributed by atoms with Crippen LogP contribution in [0.5, 0.6) is 0 Å². The van der Waals surface area contributed by atoms with Gasteiger partial charge in [0.25, 0.3) is 0 Å². The van der Waals surface area contributed by atoms with E-state index in [9.17, 15) is 13.2 Å². The van der Waals surface area contributed by atoms with Crippen LogP contribution in [0.4, 0.5) is 0 Å². The van der Waals surface area contributed by atoms with Gasteiger partial charge in [0.2, 0.25) is 15.9 Å². The van der Waals surface area contributed by atoms with Crippen molar-refractivity contribution in [1.29, 1.82) is 0 Å². The quantitative estimate of drug-likeness (QED) is 0.641. The molecule has 0 bridgehead atoms. The summed E-state index contributed by atoms with van der Waals surface area (Å²) in [7, 11) is -3.87. The lowest BCUT2D eigenvalue weighted by Gasteiger charge is -2.35. The Kier molecular flexibility index (Phi) is 6.17. The van der Waals surface area contributed by atoms with Crippen LogP contribution < -0.4 is 5.32 Å². The molecule has 0 saturated heterocycles. The standard InChI is InChI=1S/C26H28N2O3S/c1-18-9-12-21(13-10-18)16-27-26(29)24-15-22-6-4-5-7-23(22)17-28(24)32(30,31)25-14-19(2)8-11-20(25)3/h4-14,24H,15-17H2,1-3H3,(H,27,29)/t24-/m0/s1. The Hall–Kier alpha value is -2.96. The lowest BCUT2D eigenvalue weighted by molar-refractivity contribution is -0.125. The van der Waals surface area contributed by atoms with Crippen LogP contribution in [0.25, 0.3) is 0 Å². The van der Waals surface area contributed by atoms with Crippen LogP contribution in [0.1, 0.15) is 33.4 Å². The van der Waals surface area contributed by atoms with Gasteiger partial charge in [-0.15, -0.1) is 0 Å². The lowest BCUT2D eigenvalue weighted by atomic mass is 9.95. The second-order valence-electron chi connectivity index (χ2n) is 8.51. The summed E-state index contributed by atoms with van der Waals surface area (Å²) in [5.41, 5.74) is 5.61. The minimum atomic E-state index is -3.87. The third-order valence-corrected chi connectivity index (χ3v) is 8.02. The second kappa shape index (κ2) is 8.88. The van der Waals surface area contributed by atoms with E-state index in [1.54, 1.807) is 13.0 Å². The molecule has 0 radical (unpaired) electrons. The fraction of sp³-hybridized carbons (Fsp3) is 0.269. The van der Waals surface area contributed by atoms with E-state index < -0.39 is 16.1 Å². The minimum Gasteiger partial charge on any atom is -0.351 e. The van der Waals surface area contributed by atoms with Gasteiger partial charge in [-0.2, -0.15) is 4.31 Å². The van der Waals surface area contributed by atoms with Crippen LogP contribution in [-0.2, 0) is 34.3 Å². The van der Waals surface area contributed by atoms with Gasteiger partial charge in [0.1, 0.15) is 6.04 Å². The zero-order chi connectivity index (χ0) is 22.9. The maximum atomic E-state index is 13.7. The number of rotatable bonds is 5. The van der Waals surface area contributed by atoms with Crippen LogP contribution in [0, 0.1) is 20.8 Å². The summed E-state index contributed by atoms with van der Waals surface area (Å²) in [6, 6.07) is 20.2. The Morgan fingerprint density at radius 3 is 2.31 bits per heavy atom. The van der Waals surface area contributed by atoms with Gasteiger partial charge >= 0.3 is 0 Å². The van der Waals surface area contributed by atoms with Crippen LogP contribution in [0.2, 0.25) is 0 Å². The zero-order valence-electron chi connectivity index (χ0n) is 18.6. The third-order valence-electron chi connectivity index (χ3n) is 6.03. The van der Waals surface area contributed by atoms with Crippen molar-refractivity contribution in [1.82, 2.24) is 9.62 Å². The van der Waals surface area contributed by atoms with Crippen molar-refractivity contribution in [3.8, 4) is 0 Å². The smallest absolute Gasteiger partial charge is 0.244 e. The Morgan fingerprint density at radius 1 is 0.938 bits per heavy atom. The summed E-state index contributed by atoms with van der Waals surface area (Å²) in [6.07, 6.45) is 0.347. The van der Waals surface area contributed by atoms with Crippen molar-refractivity contribution in [2.75, 3.05) is 0 Å². The van der Waals surface area contributed by atoms with E-state index in [0.717, 1.165) is 27.8 Å². The fourth-order valence-corrected chi connectivity index (χ4v) is 5.98. The molecule has 0 saturated carbocycles. The maximum absolute atomic E-state index is 13.7. The molecule has 1 N–H and O–H groups in total. The number of nitrogens with zero attached hydrogens (tertiary/aromatic N) is 1. The van der Waals surface area contributed by atoms with Crippen LogP contribution in [0.15, 0.2) is 71.6 Å².